The summed E-state index contributed by atoms with van der Waals surface area (Å²) in [5, 5.41) is 0. The highest BCUT2D eigenvalue weighted by Crippen LogP contribution is 2.29. The summed E-state index contributed by atoms with van der Waals surface area (Å²) in [6.07, 6.45) is -3.72. The SMILES string of the molecule is COc1cccc(OCCC2CN(Cc3ccc(C(F)(F)F)cc3)C(=O)N2C)c1. The molecule has 2 aromatic carbocycles. The van der Waals surface area contributed by atoms with E-state index in [-0.39, 0.29) is 18.6 Å². The fraction of sp³-hybridized carbons (Fsp3) is 0.381. The van der Waals surface area contributed by atoms with Gasteiger partial charge >= 0.3 is 12.2 Å². The minimum atomic E-state index is -4.37. The van der Waals surface area contributed by atoms with Crippen LogP contribution < -0.4 is 9.47 Å². The number of nitrogens with zero attached hydrogens (tertiary/aromatic N) is 2. The molecule has 5 nitrogen and oxygen atoms in total. The molecule has 0 N–H and O–H groups in total. The zero-order valence-corrected chi connectivity index (χ0v) is 16.3. The maximum absolute atomic E-state index is 12.7. The van der Waals surface area contributed by atoms with Gasteiger partial charge in [0.05, 0.1) is 25.3 Å². The molecule has 0 bridgehead atoms. The average molecular weight is 408 g/mol. The topological polar surface area (TPSA) is 42.0 Å². The number of urea groups is 1. The van der Waals surface area contributed by atoms with Gasteiger partial charge in [0.15, 0.2) is 0 Å². The maximum atomic E-state index is 12.7. The molecule has 0 saturated carbocycles. The van der Waals surface area contributed by atoms with Crippen molar-refractivity contribution < 1.29 is 27.4 Å². The number of hydrogen-bond donors (Lipinski definition) is 0. The van der Waals surface area contributed by atoms with Gasteiger partial charge in [-0.3, -0.25) is 0 Å². The largest absolute Gasteiger partial charge is 0.497 e. The van der Waals surface area contributed by atoms with E-state index in [0.29, 0.717) is 36.6 Å². The van der Waals surface area contributed by atoms with Crippen molar-refractivity contribution in [2.24, 2.45) is 0 Å². The normalized spacial score (nSPS) is 17.0. The zero-order valence-electron chi connectivity index (χ0n) is 16.3. The summed E-state index contributed by atoms with van der Waals surface area (Å²) >= 11 is 0. The van der Waals surface area contributed by atoms with Gasteiger partial charge in [-0.15, -0.1) is 0 Å². The van der Waals surface area contributed by atoms with Crippen LogP contribution in [0.3, 0.4) is 0 Å². The Kier molecular flexibility index (Phi) is 6.20. The molecule has 1 fully saturated rings. The molecule has 8 heteroatoms. The molecule has 2 aromatic rings. The van der Waals surface area contributed by atoms with Crippen molar-refractivity contribution in [2.75, 3.05) is 27.3 Å². The molecule has 0 spiro atoms. The number of methoxy groups -OCH3 is 1. The third-order valence-electron chi connectivity index (χ3n) is 4.97. The van der Waals surface area contributed by atoms with Crippen molar-refractivity contribution in [2.45, 2.75) is 25.2 Å². The molecule has 1 saturated heterocycles. The molecule has 1 unspecified atom stereocenters. The Bertz CT molecular complexity index is 840. The van der Waals surface area contributed by atoms with E-state index in [9.17, 15) is 18.0 Å². The molecule has 1 aliphatic rings. The summed E-state index contributed by atoms with van der Waals surface area (Å²) in [5.41, 5.74) is -0.0354. The summed E-state index contributed by atoms with van der Waals surface area (Å²) in [6, 6.07) is 12.0. The Balaban J connectivity index is 1.53. The van der Waals surface area contributed by atoms with E-state index in [1.165, 1.54) is 12.1 Å². The predicted octanol–water partition coefficient (Wildman–Crippen LogP) is 4.42. The zero-order chi connectivity index (χ0) is 21.0. The fourth-order valence-corrected chi connectivity index (χ4v) is 3.27. The van der Waals surface area contributed by atoms with Crippen molar-refractivity contribution >= 4 is 6.03 Å². The standard InChI is InChI=1S/C21H23F3N2O3/c1-25-17(10-11-29-19-5-3-4-18(12-19)28-2)14-26(20(25)27)13-15-6-8-16(9-7-15)21(22,23)24/h3-9,12,17H,10-11,13-14H2,1-2H3. The number of carbonyl (C=O) groups is 1. The summed E-state index contributed by atoms with van der Waals surface area (Å²) in [5.74, 6) is 1.40. The van der Waals surface area contributed by atoms with Crippen molar-refractivity contribution in [3.63, 3.8) is 0 Å². The van der Waals surface area contributed by atoms with E-state index in [1.54, 1.807) is 30.0 Å². The number of carbonyl (C=O) groups excluding carboxylic acids is 1. The number of benzene rings is 2. The summed E-state index contributed by atoms with van der Waals surface area (Å²) in [4.78, 5) is 15.8. The van der Waals surface area contributed by atoms with E-state index in [0.717, 1.165) is 12.1 Å². The van der Waals surface area contributed by atoms with Crippen LogP contribution in [0.5, 0.6) is 11.5 Å². The van der Waals surface area contributed by atoms with Crippen LogP contribution in [0.4, 0.5) is 18.0 Å². The average Bonchev–Trinajstić information content (AvgIpc) is 2.96. The lowest BCUT2D eigenvalue weighted by atomic mass is 10.1. The van der Waals surface area contributed by atoms with Crippen LogP contribution in [0.1, 0.15) is 17.5 Å². The number of amides is 2. The Morgan fingerprint density at radius 2 is 1.79 bits per heavy atom. The summed E-state index contributed by atoms with van der Waals surface area (Å²) in [7, 11) is 3.31. The number of rotatable bonds is 7. The third kappa shape index (κ3) is 5.13. The van der Waals surface area contributed by atoms with Gasteiger partial charge in [0.2, 0.25) is 0 Å². The predicted molar refractivity (Wildman–Crippen MR) is 102 cm³/mol. The van der Waals surface area contributed by atoms with E-state index < -0.39 is 11.7 Å². The highest BCUT2D eigenvalue weighted by molar-refractivity contribution is 5.76. The van der Waals surface area contributed by atoms with Crippen LogP contribution in [0.2, 0.25) is 0 Å². The molecule has 1 heterocycles. The van der Waals surface area contributed by atoms with E-state index in [4.69, 9.17) is 9.47 Å². The van der Waals surface area contributed by atoms with Gasteiger partial charge in [-0.05, 0) is 29.8 Å². The Morgan fingerprint density at radius 3 is 2.45 bits per heavy atom. The van der Waals surface area contributed by atoms with Crippen molar-refractivity contribution in [1.82, 2.24) is 9.80 Å². The third-order valence-corrected chi connectivity index (χ3v) is 4.97. The fourth-order valence-electron chi connectivity index (χ4n) is 3.27. The number of alkyl halides is 3. The number of likely N-dealkylation sites (N-methyl/N-ethyl adjacent to an activating group) is 1. The second-order valence-corrected chi connectivity index (χ2v) is 6.94. The number of ether oxygens (including phenoxy) is 2. The quantitative estimate of drug-likeness (QED) is 0.681. The summed E-state index contributed by atoms with van der Waals surface area (Å²) in [6.45, 7) is 1.20. The molecular formula is C21H23F3N2O3. The first-order chi connectivity index (χ1) is 13.8. The van der Waals surface area contributed by atoms with Crippen LogP contribution in [-0.4, -0.2) is 49.2 Å². The molecule has 29 heavy (non-hydrogen) atoms. The van der Waals surface area contributed by atoms with E-state index in [2.05, 4.69) is 0 Å². The molecule has 0 aliphatic carbocycles. The van der Waals surface area contributed by atoms with Crippen LogP contribution in [0.15, 0.2) is 48.5 Å². The van der Waals surface area contributed by atoms with Gasteiger partial charge in [0, 0.05) is 32.6 Å². The smallest absolute Gasteiger partial charge is 0.416 e. The van der Waals surface area contributed by atoms with Gasteiger partial charge in [-0.25, -0.2) is 4.79 Å². The molecule has 3 rings (SSSR count). The minimum Gasteiger partial charge on any atom is -0.497 e. The van der Waals surface area contributed by atoms with Crippen molar-refractivity contribution in [3.8, 4) is 11.5 Å². The molecule has 0 radical (unpaired) electrons. The highest BCUT2D eigenvalue weighted by atomic mass is 19.4. The van der Waals surface area contributed by atoms with E-state index >= 15 is 0 Å². The molecule has 0 aromatic heterocycles. The minimum absolute atomic E-state index is 0.0254. The summed E-state index contributed by atoms with van der Waals surface area (Å²) < 4.78 is 49.0. The van der Waals surface area contributed by atoms with Crippen LogP contribution in [0.25, 0.3) is 0 Å². The Morgan fingerprint density at radius 1 is 1.10 bits per heavy atom. The van der Waals surface area contributed by atoms with Crippen molar-refractivity contribution in [1.29, 1.82) is 0 Å². The molecule has 156 valence electrons. The van der Waals surface area contributed by atoms with Gasteiger partial charge in [-0.2, -0.15) is 13.2 Å². The second kappa shape index (κ2) is 8.63. The number of halogens is 3. The van der Waals surface area contributed by atoms with Gasteiger partial charge in [0.25, 0.3) is 0 Å². The lowest BCUT2D eigenvalue weighted by molar-refractivity contribution is -0.137. The first kappa shape index (κ1) is 20.8. The monoisotopic (exact) mass is 408 g/mol. The van der Waals surface area contributed by atoms with Crippen LogP contribution in [-0.2, 0) is 12.7 Å². The van der Waals surface area contributed by atoms with Gasteiger partial charge in [-0.1, -0.05) is 18.2 Å². The Hall–Kier alpha value is -2.90. The van der Waals surface area contributed by atoms with Gasteiger partial charge < -0.3 is 19.3 Å². The lowest BCUT2D eigenvalue weighted by Crippen LogP contribution is -2.31. The van der Waals surface area contributed by atoms with Crippen LogP contribution in [0, 0.1) is 0 Å². The molecule has 1 atom stereocenters. The van der Waals surface area contributed by atoms with E-state index in [1.807, 2.05) is 18.2 Å². The number of hydrogen-bond acceptors (Lipinski definition) is 3. The molecule has 2 amide bonds. The first-order valence-corrected chi connectivity index (χ1v) is 9.22. The lowest BCUT2D eigenvalue weighted by Gasteiger charge is -2.18. The second-order valence-electron chi connectivity index (χ2n) is 6.94. The molecule has 1 aliphatic heterocycles. The van der Waals surface area contributed by atoms with Gasteiger partial charge in [0.1, 0.15) is 11.5 Å². The van der Waals surface area contributed by atoms with Crippen molar-refractivity contribution in [3.05, 3.63) is 59.7 Å². The highest BCUT2D eigenvalue weighted by Gasteiger charge is 2.34. The first-order valence-electron chi connectivity index (χ1n) is 9.22. The molecular weight excluding hydrogens is 385 g/mol. The van der Waals surface area contributed by atoms with Crippen LogP contribution >= 0.6 is 0 Å². The maximum Gasteiger partial charge on any atom is 0.416 e. The Labute approximate surface area is 167 Å².